The molecular formula is C17H18BrN3O4. The van der Waals surface area contributed by atoms with E-state index >= 15 is 0 Å². The molecule has 1 atom stereocenters. The Hall–Kier alpha value is -2.35. The fourth-order valence-electron chi connectivity index (χ4n) is 2.70. The maximum Gasteiger partial charge on any atom is 0.415 e. The van der Waals surface area contributed by atoms with Gasteiger partial charge in [0.05, 0.1) is 29.7 Å². The van der Waals surface area contributed by atoms with E-state index in [1.54, 1.807) is 17.8 Å². The predicted octanol–water partition coefficient (Wildman–Crippen LogP) is 2.98. The van der Waals surface area contributed by atoms with Crippen molar-refractivity contribution in [3.05, 3.63) is 46.6 Å². The third-order valence-corrected chi connectivity index (χ3v) is 4.43. The molecule has 1 aromatic heterocycles. The SMILES string of the molecule is CCOC(=O)C1CN(C(=O)OCc2ccccc2)c2c(Br)cnn2C1. The zero-order valence-electron chi connectivity index (χ0n) is 13.7. The van der Waals surface area contributed by atoms with Crippen molar-refractivity contribution in [2.24, 2.45) is 5.92 Å². The molecule has 1 aromatic carbocycles. The molecular weight excluding hydrogens is 390 g/mol. The summed E-state index contributed by atoms with van der Waals surface area (Å²) < 4.78 is 12.8. The summed E-state index contributed by atoms with van der Waals surface area (Å²) in [7, 11) is 0. The molecule has 1 unspecified atom stereocenters. The Morgan fingerprint density at radius 2 is 2.00 bits per heavy atom. The van der Waals surface area contributed by atoms with E-state index in [1.165, 1.54) is 4.90 Å². The molecule has 0 saturated heterocycles. The van der Waals surface area contributed by atoms with Gasteiger partial charge in [0.2, 0.25) is 0 Å². The van der Waals surface area contributed by atoms with Crippen molar-refractivity contribution in [1.82, 2.24) is 9.78 Å². The number of halogens is 1. The summed E-state index contributed by atoms with van der Waals surface area (Å²) in [6.45, 7) is 2.76. The van der Waals surface area contributed by atoms with Gasteiger partial charge in [-0.1, -0.05) is 30.3 Å². The summed E-state index contributed by atoms with van der Waals surface area (Å²) in [5, 5.41) is 4.21. The van der Waals surface area contributed by atoms with Crippen LogP contribution in [0.3, 0.4) is 0 Å². The molecule has 3 rings (SSSR count). The Labute approximate surface area is 153 Å². The van der Waals surface area contributed by atoms with Crippen LogP contribution in [-0.4, -0.2) is 35.0 Å². The molecule has 7 nitrogen and oxygen atoms in total. The summed E-state index contributed by atoms with van der Waals surface area (Å²) in [4.78, 5) is 26.1. The molecule has 0 saturated carbocycles. The molecule has 8 heteroatoms. The third kappa shape index (κ3) is 3.84. The highest BCUT2D eigenvalue weighted by atomic mass is 79.9. The Bertz CT molecular complexity index is 763. The van der Waals surface area contributed by atoms with E-state index < -0.39 is 12.0 Å². The largest absolute Gasteiger partial charge is 0.466 e. The second-order valence-electron chi connectivity index (χ2n) is 5.60. The van der Waals surface area contributed by atoms with Crippen LogP contribution in [0, 0.1) is 5.92 Å². The van der Waals surface area contributed by atoms with Gasteiger partial charge in [-0.15, -0.1) is 0 Å². The normalized spacial score (nSPS) is 16.2. The average Bonchev–Trinajstić information content (AvgIpc) is 3.01. The van der Waals surface area contributed by atoms with Crippen molar-refractivity contribution >= 4 is 33.8 Å². The fourth-order valence-corrected chi connectivity index (χ4v) is 3.21. The van der Waals surface area contributed by atoms with Gasteiger partial charge in [-0.05, 0) is 28.4 Å². The number of fused-ring (bicyclic) bond motifs is 1. The Morgan fingerprint density at radius 1 is 1.24 bits per heavy atom. The van der Waals surface area contributed by atoms with Gasteiger partial charge in [-0.25, -0.2) is 9.48 Å². The molecule has 0 bridgehead atoms. The lowest BCUT2D eigenvalue weighted by atomic mass is 10.1. The molecule has 0 N–H and O–H groups in total. The lowest BCUT2D eigenvalue weighted by molar-refractivity contribution is -0.148. The maximum atomic E-state index is 12.6. The van der Waals surface area contributed by atoms with Gasteiger partial charge < -0.3 is 9.47 Å². The van der Waals surface area contributed by atoms with E-state index in [9.17, 15) is 9.59 Å². The highest BCUT2D eigenvalue weighted by Gasteiger charge is 2.36. The Kier molecular flexibility index (Phi) is 5.37. The minimum absolute atomic E-state index is 0.159. The molecule has 0 spiro atoms. The van der Waals surface area contributed by atoms with Crippen molar-refractivity contribution in [2.45, 2.75) is 20.1 Å². The van der Waals surface area contributed by atoms with Crippen molar-refractivity contribution in [3.63, 3.8) is 0 Å². The number of ether oxygens (including phenoxy) is 2. The van der Waals surface area contributed by atoms with Crippen LogP contribution >= 0.6 is 15.9 Å². The molecule has 0 aliphatic carbocycles. The van der Waals surface area contributed by atoms with E-state index in [0.29, 0.717) is 23.4 Å². The summed E-state index contributed by atoms with van der Waals surface area (Å²) in [5.74, 6) is -0.247. The number of hydrogen-bond acceptors (Lipinski definition) is 5. The minimum Gasteiger partial charge on any atom is -0.466 e. The molecule has 1 amide bonds. The number of esters is 1. The summed E-state index contributed by atoms with van der Waals surface area (Å²) in [5.41, 5.74) is 0.891. The van der Waals surface area contributed by atoms with E-state index in [4.69, 9.17) is 9.47 Å². The van der Waals surface area contributed by atoms with E-state index in [-0.39, 0.29) is 19.1 Å². The van der Waals surface area contributed by atoms with E-state index in [0.717, 1.165) is 5.56 Å². The zero-order chi connectivity index (χ0) is 17.8. The first-order valence-corrected chi connectivity index (χ1v) is 8.75. The van der Waals surface area contributed by atoms with Gasteiger partial charge in [0, 0.05) is 6.54 Å². The van der Waals surface area contributed by atoms with Crippen LogP contribution in [0.5, 0.6) is 0 Å². The van der Waals surface area contributed by atoms with Gasteiger partial charge >= 0.3 is 12.1 Å². The molecule has 132 valence electrons. The van der Waals surface area contributed by atoms with Crippen molar-refractivity contribution in [2.75, 3.05) is 18.1 Å². The highest BCUT2D eigenvalue weighted by Crippen LogP contribution is 2.32. The topological polar surface area (TPSA) is 73.7 Å². The number of nitrogens with zero attached hydrogens (tertiary/aromatic N) is 3. The Morgan fingerprint density at radius 3 is 2.72 bits per heavy atom. The number of anilines is 1. The number of carbonyl (C=O) groups is 2. The quantitative estimate of drug-likeness (QED) is 0.728. The van der Waals surface area contributed by atoms with Crippen LogP contribution in [-0.2, 0) is 27.4 Å². The molecule has 0 radical (unpaired) electrons. The second kappa shape index (κ2) is 7.69. The first-order valence-electron chi connectivity index (χ1n) is 7.96. The van der Waals surface area contributed by atoms with Crippen LogP contribution in [0.4, 0.5) is 10.6 Å². The third-order valence-electron chi connectivity index (χ3n) is 3.87. The Balaban J connectivity index is 1.76. The van der Waals surface area contributed by atoms with E-state index in [2.05, 4.69) is 21.0 Å². The van der Waals surface area contributed by atoms with Crippen molar-refractivity contribution in [1.29, 1.82) is 0 Å². The van der Waals surface area contributed by atoms with Crippen molar-refractivity contribution in [3.8, 4) is 0 Å². The highest BCUT2D eigenvalue weighted by molar-refractivity contribution is 9.10. The number of hydrogen-bond donors (Lipinski definition) is 0. The standard InChI is InChI=1S/C17H18BrN3O4/c1-2-24-16(22)13-9-20(15-14(18)8-19-21(15)10-13)17(23)25-11-12-6-4-3-5-7-12/h3-8,13H,2,9-11H2,1H3. The number of carbonyl (C=O) groups excluding carboxylic acids is 2. The molecule has 2 aromatic rings. The van der Waals surface area contributed by atoms with Gasteiger partial charge in [-0.3, -0.25) is 9.69 Å². The molecule has 25 heavy (non-hydrogen) atoms. The van der Waals surface area contributed by atoms with Crippen LogP contribution in [0.25, 0.3) is 0 Å². The molecule has 1 aliphatic heterocycles. The summed E-state index contributed by atoms with van der Waals surface area (Å²) >= 11 is 3.40. The fraction of sp³-hybridized carbons (Fsp3) is 0.353. The van der Waals surface area contributed by atoms with Crippen LogP contribution in [0.15, 0.2) is 41.0 Å². The lowest BCUT2D eigenvalue weighted by Gasteiger charge is -2.31. The monoisotopic (exact) mass is 407 g/mol. The zero-order valence-corrected chi connectivity index (χ0v) is 15.3. The predicted molar refractivity (Wildman–Crippen MR) is 94.0 cm³/mol. The maximum absolute atomic E-state index is 12.6. The molecule has 1 aliphatic rings. The van der Waals surface area contributed by atoms with Crippen LogP contribution < -0.4 is 4.90 Å². The summed E-state index contributed by atoms with van der Waals surface area (Å²) in [6.07, 6.45) is 1.07. The first-order chi connectivity index (χ1) is 12.1. The lowest BCUT2D eigenvalue weighted by Crippen LogP contribution is -2.45. The van der Waals surface area contributed by atoms with Gasteiger partial charge in [0.15, 0.2) is 5.82 Å². The number of benzene rings is 1. The number of aromatic nitrogens is 2. The van der Waals surface area contributed by atoms with Gasteiger partial charge in [0.1, 0.15) is 6.61 Å². The van der Waals surface area contributed by atoms with Gasteiger partial charge in [-0.2, -0.15) is 5.10 Å². The van der Waals surface area contributed by atoms with Crippen LogP contribution in [0.2, 0.25) is 0 Å². The molecule has 0 fully saturated rings. The van der Waals surface area contributed by atoms with Crippen LogP contribution in [0.1, 0.15) is 12.5 Å². The second-order valence-corrected chi connectivity index (χ2v) is 6.45. The molecule has 2 heterocycles. The van der Waals surface area contributed by atoms with Gasteiger partial charge in [0.25, 0.3) is 0 Å². The first kappa shape index (κ1) is 17.5. The minimum atomic E-state index is -0.527. The number of rotatable bonds is 4. The van der Waals surface area contributed by atoms with Crippen molar-refractivity contribution < 1.29 is 19.1 Å². The van der Waals surface area contributed by atoms with E-state index in [1.807, 2.05) is 30.3 Å². The average molecular weight is 408 g/mol. The summed E-state index contributed by atoms with van der Waals surface area (Å²) in [6, 6.07) is 9.42. The number of amides is 1. The smallest absolute Gasteiger partial charge is 0.415 e.